The van der Waals surface area contributed by atoms with E-state index in [0.717, 1.165) is 16.6 Å². The van der Waals surface area contributed by atoms with Crippen molar-refractivity contribution in [3.63, 3.8) is 0 Å². The minimum atomic E-state index is -0.0218. The standard InChI is InChI=1S/C17H12N2O/c20-16(13-5-2-1-3-6-13)10-9-14-7-4-8-15-17(14)19-12-11-18-15/h1-12H/b10-9-. The van der Waals surface area contributed by atoms with Crippen molar-refractivity contribution < 1.29 is 4.79 Å². The first-order chi connectivity index (χ1) is 9.84. The Morgan fingerprint density at radius 1 is 0.900 bits per heavy atom. The Hall–Kier alpha value is -2.81. The Morgan fingerprint density at radius 2 is 1.70 bits per heavy atom. The van der Waals surface area contributed by atoms with Gasteiger partial charge in [-0.1, -0.05) is 42.5 Å². The van der Waals surface area contributed by atoms with E-state index in [0.29, 0.717) is 5.56 Å². The lowest BCUT2D eigenvalue weighted by Crippen LogP contribution is -1.93. The van der Waals surface area contributed by atoms with Gasteiger partial charge in [-0.15, -0.1) is 0 Å². The smallest absolute Gasteiger partial charge is 0.185 e. The van der Waals surface area contributed by atoms with Crippen LogP contribution in [-0.4, -0.2) is 15.8 Å². The summed E-state index contributed by atoms with van der Waals surface area (Å²) >= 11 is 0. The number of carbonyl (C=O) groups is 1. The van der Waals surface area contributed by atoms with Crippen molar-refractivity contribution in [2.75, 3.05) is 0 Å². The van der Waals surface area contributed by atoms with Crippen LogP contribution in [0.25, 0.3) is 17.1 Å². The zero-order valence-electron chi connectivity index (χ0n) is 10.7. The van der Waals surface area contributed by atoms with Crippen LogP contribution in [-0.2, 0) is 0 Å². The van der Waals surface area contributed by atoms with Crippen molar-refractivity contribution in [1.29, 1.82) is 0 Å². The second-order valence-electron chi connectivity index (χ2n) is 4.33. The molecule has 0 saturated heterocycles. The summed E-state index contributed by atoms with van der Waals surface area (Å²) in [5, 5.41) is 0. The van der Waals surface area contributed by atoms with Gasteiger partial charge in [0.15, 0.2) is 5.78 Å². The molecule has 0 N–H and O–H groups in total. The van der Waals surface area contributed by atoms with Crippen molar-refractivity contribution in [2.24, 2.45) is 0 Å². The molecule has 20 heavy (non-hydrogen) atoms. The number of fused-ring (bicyclic) bond motifs is 1. The number of carbonyl (C=O) groups excluding carboxylic acids is 1. The third-order valence-corrected chi connectivity index (χ3v) is 3.00. The summed E-state index contributed by atoms with van der Waals surface area (Å²) in [5.74, 6) is -0.0218. The number of nitrogens with zero attached hydrogens (tertiary/aromatic N) is 2. The second-order valence-corrected chi connectivity index (χ2v) is 4.33. The van der Waals surface area contributed by atoms with E-state index in [4.69, 9.17) is 0 Å². The topological polar surface area (TPSA) is 42.9 Å². The number of allylic oxidation sites excluding steroid dienone is 1. The molecule has 2 aromatic carbocycles. The number of para-hydroxylation sites is 1. The zero-order valence-corrected chi connectivity index (χ0v) is 10.7. The Morgan fingerprint density at radius 3 is 2.55 bits per heavy atom. The van der Waals surface area contributed by atoms with Gasteiger partial charge in [-0.05, 0) is 18.2 Å². The number of benzene rings is 2. The molecule has 1 aromatic heterocycles. The molecule has 0 atom stereocenters. The molecular formula is C17H12N2O. The Kier molecular flexibility index (Phi) is 3.33. The Bertz CT molecular complexity index is 774. The summed E-state index contributed by atoms with van der Waals surface area (Å²) in [7, 11) is 0. The summed E-state index contributed by atoms with van der Waals surface area (Å²) in [6.45, 7) is 0. The fourth-order valence-corrected chi connectivity index (χ4v) is 2.01. The van der Waals surface area contributed by atoms with Crippen LogP contribution in [0.3, 0.4) is 0 Å². The summed E-state index contributed by atoms with van der Waals surface area (Å²) < 4.78 is 0. The van der Waals surface area contributed by atoms with Crippen molar-refractivity contribution in [3.05, 3.63) is 78.1 Å². The summed E-state index contributed by atoms with van der Waals surface area (Å²) in [6, 6.07) is 14.9. The minimum absolute atomic E-state index is 0.0218. The van der Waals surface area contributed by atoms with Crippen LogP contribution < -0.4 is 0 Å². The van der Waals surface area contributed by atoms with Crippen LogP contribution in [0.15, 0.2) is 67.0 Å². The number of aromatic nitrogens is 2. The summed E-state index contributed by atoms with van der Waals surface area (Å²) in [5.41, 5.74) is 3.18. The third-order valence-electron chi connectivity index (χ3n) is 3.00. The lowest BCUT2D eigenvalue weighted by molar-refractivity contribution is 0.104. The monoisotopic (exact) mass is 260 g/mol. The molecular weight excluding hydrogens is 248 g/mol. The lowest BCUT2D eigenvalue weighted by atomic mass is 10.1. The molecule has 1 heterocycles. The molecule has 3 nitrogen and oxygen atoms in total. The first kappa shape index (κ1) is 12.2. The number of hydrogen-bond donors (Lipinski definition) is 0. The van der Waals surface area contributed by atoms with Gasteiger partial charge in [0.05, 0.1) is 11.0 Å². The third kappa shape index (κ3) is 2.47. The average molecular weight is 260 g/mol. The molecule has 3 aromatic rings. The maximum absolute atomic E-state index is 12.0. The van der Waals surface area contributed by atoms with Crippen LogP contribution in [0.4, 0.5) is 0 Å². The Labute approximate surface area is 116 Å². The quantitative estimate of drug-likeness (QED) is 0.534. The van der Waals surface area contributed by atoms with Crippen molar-refractivity contribution in [1.82, 2.24) is 9.97 Å². The van der Waals surface area contributed by atoms with Gasteiger partial charge in [-0.3, -0.25) is 14.8 Å². The molecule has 0 aliphatic rings. The predicted octanol–water partition coefficient (Wildman–Crippen LogP) is 3.53. The van der Waals surface area contributed by atoms with E-state index in [2.05, 4.69) is 9.97 Å². The SMILES string of the molecule is O=C(/C=C\c1cccc2nccnc12)c1ccccc1. The highest BCUT2D eigenvalue weighted by molar-refractivity contribution is 6.07. The minimum Gasteiger partial charge on any atom is -0.289 e. The fraction of sp³-hybridized carbons (Fsp3) is 0. The highest BCUT2D eigenvalue weighted by atomic mass is 16.1. The summed E-state index contributed by atoms with van der Waals surface area (Å²) in [4.78, 5) is 20.6. The molecule has 0 unspecified atom stereocenters. The highest BCUT2D eigenvalue weighted by Crippen LogP contribution is 2.15. The Balaban J connectivity index is 1.94. The van der Waals surface area contributed by atoms with Gasteiger partial charge < -0.3 is 0 Å². The fourth-order valence-electron chi connectivity index (χ4n) is 2.01. The summed E-state index contributed by atoms with van der Waals surface area (Å²) in [6.07, 6.45) is 6.66. The molecule has 0 spiro atoms. The van der Waals surface area contributed by atoms with Gasteiger partial charge in [-0.2, -0.15) is 0 Å². The van der Waals surface area contributed by atoms with E-state index in [1.165, 1.54) is 0 Å². The molecule has 0 saturated carbocycles. The lowest BCUT2D eigenvalue weighted by Gasteiger charge is -1.99. The number of hydrogen-bond acceptors (Lipinski definition) is 3. The van der Waals surface area contributed by atoms with Gasteiger partial charge >= 0.3 is 0 Å². The van der Waals surface area contributed by atoms with E-state index >= 15 is 0 Å². The second kappa shape index (κ2) is 5.45. The number of rotatable bonds is 3. The van der Waals surface area contributed by atoms with E-state index < -0.39 is 0 Å². The van der Waals surface area contributed by atoms with E-state index in [-0.39, 0.29) is 5.78 Å². The van der Waals surface area contributed by atoms with Gasteiger partial charge in [0.2, 0.25) is 0 Å². The molecule has 0 fully saturated rings. The predicted molar refractivity (Wildman–Crippen MR) is 79.3 cm³/mol. The van der Waals surface area contributed by atoms with Gasteiger partial charge in [0.1, 0.15) is 0 Å². The molecule has 0 aliphatic heterocycles. The molecule has 0 radical (unpaired) electrons. The van der Waals surface area contributed by atoms with Gasteiger partial charge in [0, 0.05) is 23.5 Å². The van der Waals surface area contributed by atoms with Crippen molar-refractivity contribution in [3.8, 4) is 0 Å². The first-order valence-electron chi connectivity index (χ1n) is 6.32. The normalized spacial score (nSPS) is 11.0. The highest BCUT2D eigenvalue weighted by Gasteiger charge is 2.02. The zero-order chi connectivity index (χ0) is 13.8. The number of ketones is 1. The molecule has 0 bridgehead atoms. The van der Waals surface area contributed by atoms with Crippen LogP contribution >= 0.6 is 0 Å². The first-order valence-corrected chi connectivity index (χ1v) is 6.32. The molecule has 3 heteroatoms. The van der Waals surface area contributed by atoms with E-state index in [9.17, 15) is 4.79 Å². The maximum Gasteiger partial charge on any atom is 0.185 e. The molecule has 0 aliphatic carbocycles. The van der Waals surface area contributed by atoms with Crippen molar-refractivity contribution in [2.45, 2.75) is 0 Å². The molecule has 0 amide bonds. The van der Waals surface area contributed by atoms with Crippen LogP contribution in [0.1, 0.15) is 15.9 Å². The molecule has 96 valence electrons. The van der Waals surface area contributed by atoms with E-state index in [1.54, 1.807) is 36.7 Å². The van der Waals surface area contributed by atoms with Gasteiger partial charge in [-0.25, -0.2) is 0 Å². The maximum atomic E-state index is 12.0. The van der Waals surface area contributed by atoms with Crippen LogP contribution in [0, 0.1) is 0 Å². The molecule has 3 rings (SSSR count). The average Bonchev–Trinajstić information content (AvgIpc) is 2.53. The van der Waals surface area contributed by atoms with E-state index in [1.807, 2.05) is 36.4 Å². The van der Waals surface area contributed by atoms with Gasteiger partial charge in [0.25, 0.3) is 0 Å². The van der Waals surface area contributed by atoms with Crippen LogP contribution in [0.5, 0.6) is 0 Å². The van der Waals surface area contributed by atoms with Crippen LogP contribution in [0.2, 0.25) is 0 Å². The largest absolute Gasteiger partial charge is 0.289 e. The van der Waals surface area contributed by atoms with Crippen molar-refractivity contribution >= 4 is 22.9 Å².